The summed E-state index contributed by atoms with van der Waals surface area (Å²) in [5, 5.41) is 9.41. The summed E-state index contributed by atoms with van der Waals surface area (Å²) in [4.78, 5) is 20.2. The van der Waals surface area contributed by atoms with Gasteiger partial charge in [-0.2, -0.15) is 0 Å². The Balaban J connectivity index is 1.63. The highest BCUT2D eigenvalue weighted by atomic mass is 16.4. The van der Waals surface area contributed by atoms with Crippen LogP contribution in [0.1, 0.15) is 25.8 Å². The van der Waals surface area contributed by atoms with Gasteiger partial charge in [-0.15, -0.1) is 0 Å². The van der Waals surface area contributed by atoms with Crippen LogP contribution < -0.4 is 0 Å². The number of oxazole rings is 1. The molecule has 1 aliphatic rings. The molecule has 0 bridgehead atoms. The summed E-state index contributed by atoms with van der Waals surface area (Å²) < 4.78 is 5.92. The molecule has 1 aromatic heterocycles. The van der Waals surface area contributed by atoms with Crippen LogP contribution in [0.15, 0.2) is 40.9 Å². The van der Waals surface area contributed by atoms with Crippen molar-refractivity contribution < 1.29 is 14.3 Å². The van der Waals surface area contributed by atoms with Gasteiger partial charge in [0.15, 0.2) is 5.76 Å². The predicted octanol–water partition coefficient (Wildman–Crippen LogP) is 1.93. The fourth-order valence-corrected chi connectivity index (χ4v) is 2.97. The number of rotatable bonds is 4. The Kier molecular flexibility index (Phi) is 4.97. The second-order valence-electron chi connectivity index (χ2n) is 6.14. The van der Waals surface area contributed by atoms with E-state index in [0.29, 0.717) is 19.0 Å². The van der Waals surface area contributed by atoms with Crippen LogP contribution >= 0.6 is 0 Å². The number of aliphatic hydroxyl groups is 1. The van der Waals surface area contributed by atoms with Crippen molar-refractivity contribution in [3.05, 3.63) is 42.4 Å². The van der Waals surface area contributed by atoms with E-state index in [-0.39, 0.29) is 11.9 Å². The average molecular weight is 329 g/mol. The highest BCUT2D eigenvalue weighted by Crippen LogP contribution is 2.26. The van der Waals surface area contributed by atoms with E-state index in [1.807, 2.05) is 30.3 Å². The van der Waals surface area contributed by atoms with Crippen LogP contribution in [-0.4, -0.2) is 58.1 Å². The van der Waals surface area contributed by atoms with Crippen molar-refractivity contribution in [1.82, 2.24) is 14.8 Å². The number of piperazine rings is 1. The van der Waals surface area contributed by atoms with Crippen molar-refractivity contribution in [2.45, 2.75) is 26.0 Å². The lowest BCUT2D eigenvalue weighted by Crippen LogP contribution is -2.51. The van der Waals surface area contributed by atoms with Crippen LogP contribution in [0.4, 0.5) is 0 Å². The first-order valence-corrected chi connectivity index (χ1v) is 8.28. The van der Waals surface area contributed by atoms with Gasteiger partial charge in [-0.25, -0.2) is 4.98 Å². The molecule has 1 amide bonds. The van der Waals surface area contributed by atoms with Crippen LogP contribution in [0.5, 0.6) is 0 Å². The topological polar surface area (TPSA) is 69.8 Å². The summed E-state index contributed by atoms with van der Waals surface area (Å²) in [5.74, 6) is 1.24. The van der Waals surface area contributed by atoms with E-state index < -0.39 is 6.10 Å². The molecule has 6 heteroatoms. The number of amides is 1. The second kappa shape index (κ2) is 7.15. The molecule has 3 rings (SSSR count). The third-order valence-corrected chi connectivity index (χ3v) is 4.47. The number of carbonyl (C=O) groups is 1. The molecule has 0 radical (unpaired) electrons. The summed E-state index contributed by atoms with van der Waals surface area (Å²) in [6.45, 7) is 6.27. The van der Waals surface area contributed by atoms with Gasteiger partial charge >= 0.3 is 0 Å². The molecule has 2 atom stereocenters. The third kappa shape index (κ3) is 3.49. The maximum atomic E-state index is 11.8. The Morgan fingerprint density at radius 1 is 1.17 bits per heavy atom. The Bertz CT molecular complexity index is 676. The lowest BCUT2D eigenvalue weighted by atomic mass is 10.2. The number of benzene rings is 1. The van der Waals surface area contributed by atoms with E-state index in [2.05, 4.69) is 16.8 Å². The lowest BCUT2D eigenvalue weighted by Gasteiger charge is -2.37. The van der Waals surface area contributed by atoms with E-state index >= 15 is 0 Å². The highest BCUT2D eigenvalue weighted by Gasteiger charge is 2.28. The maximum absolute atomic E-state index is 11.8. The van der Waals surface area contributed by atoms with Gasteiger partial charge < -0.3 is 14.4 Å². The van der Waals surface area contributed by atoms with Gasteiger partial charge in [-0.3, -0.25) is 9.69 Å². The molecule has 1 fully saturated rings. The molecule has 1 aliphatic heterocycles. The number of aliphatic hydroxyl groups excluding tert-OH is 1. The molecular weight excluding hydrogens is 306 g/mol. The molecule has 0 aliphatic carbocycles. The third-order valence-electron chi connectivity index (χ3n) is 4.47. The zero-order chi connectivity index (χ0) is 17.1. The zero-order valence-corrected chi connectivity index (χ0v) is 14.1. The molecule has 1 aromatic carbocycles. The first-order valence-electron chi connectivity index (χ1n) is 8.28. The van der Waals surface area contributed by atoms with Gasteiger partial charge in [-0.1, -0.05) is 30.3 Å². The molecular formula is C18H23N3O3. The number of aromatic nitrogens is 1. The first-order chi connectivity index (χ1) is 11.6. The zero-order valence-electron chi connectivity index (χ0n) is 14.1. The predicted molar refractivity (Wildman–Crippen MR) is 90.2 cm³/mol. The molecule has 0 spiro atoms. The minimum atomic E-state index is -0.936. The molecule has 128 valence electrons. The van der Waals surface area contributed by atoms with Gasteiger partial charge in [0, 0.05) is 31.7 Å². The monoisotopic (exact) mass is 329 g/mol. The number of nitrogens with zero attached hydrogens (tertiary/aromatic N) is 3. The van der Waals surface area contributed by atoms with Crippen molar-refractivity contribution in [3.63, 3.8) is 0 Å². The maximum Gasteiger partial charge on any atom is 0.251 e. The van der Waals surface area contributed by atoms with Crippen LogP contribution in [0.25, 0.3) is 11.3 Å². The van der Waals surface area contributed by atoms with Crippen LogP contribution in [-0.2, 0) is 4.79 Å². The smallest absolute Gasteiger partial charge is 0.251 e. The van der Waals surface area contributed by atoms with Crippen molar-refractivity contribution in [2.75, 3.05) is 26.2 Å². The molecule has 6 nitrogen and oxygen atoms in total. The van der Waals surface area contributed by atoms with Gasteiger partial charge in [-0.05, 0) is 13.8 Å². The molecule has 0 saturated carbocycles. The van der Waals surface area contributed by atoms with E-state index in [9.17, 15) is 9.90 Å². The minimum absolute atomic E-state index is 0.0475. The second-order valence-corrected chi connectivity index (χ2v) is 6.14. The van der Waals surface area contributed by atoms with E-state index in [0.717, 1.165) is 24.4 Å². The summed E-state index contributed by atoms with van der Waals surface area (Å²) in [6.07, 6.45) is 0.822. The normalized spacial score (nSPS) is 18.4. The lowest BCUT2D eigenvalue weighted by molar-refractivity contribution is -0.141. The quantitative estimate of drug-likeness (QED) is 0.928. The van der Waals surface area contributed by atoms with Gasteiger partial charge in [0.25, 0.3) is 5.91 Å². The average Bonchev–Trinajstić information content (AvgIpc) is 3.11. The fourth-order valence-electron chi connectivity index (χ4n) is 2.97. The van der Waals surface area contributed by atoms with Crippen molar-refractivity contribution in [3.8, 4) is 11.3 Å². The molecule has 2 unspecified atom stereocenters. The number of hydrogen-bond acceptors (Lipinski definition) is 5. The Hall–Kier alpha value is -2.18. The van der Waals surface area contributed by atoms with Gasteiger partial charge in [0.2, 0.25) is 5.89 Å². The summed E-state index contributed by atoms with van der Waals surface area (Å²) in [6, 6.07) is 9.95. The minimum Gasteiger partial charge on any atom is -0.439 e. The summed E-state index contributed by atoms with van der Waals surface area (Å²) >= 11 is 0. The number of carbonyl (C=O) groups excluding carboxylic acids is 1. The molecule has 2 heterocycles. The van der Waals surface area contributed by atoms with Crippen LogP contribution in [0, 0.1) is 0 Å². The van der Waals surface area contributed by atoms with Crippen molar-refractivity contribution in [2.24, 2.45) is 0 Å². The summed E-state index contributed by atoms with van der Waals surface area (Å²) in [7, 11) is 0. The first kappa shape index (κ1) is 16.7. The molecule has 2 aromatic rings. The van der Waals surface area contributed by atoms with Crippen molar-refractivity contribution >= 4 is 5.91 Å². The summed E-state index contributed by atoms with van der Waals surface area (Å²) in [5.41, 5.74) is 1.01. The largest absolute Gasteiger partial charge is 0.439 e. The number of hydrogen-bond donors (Lipinski definition) is 1. The van der Waals surface area contributed by atoms with Gasteiger partial charge in [0.05, 0.1) is 12.2 Å². The van der Waals surface area contributed by atoms with Crippen molar-refractivity contribution in [1.29, 1.82) is 0 Å². The highest BCUT2D eigenvalue weighted by molar-refractivity contribution is 5.80. The van der Waals surface area contributed by atoms with E-state index in [1.54, 1.807) is 11.1 Å². The standard InChI is InChI=1S/C18H23N3O3/c1-13(20-8-10-21(11-9-20)18(23)14(2)22)17-19-12-16(24-17)15-6-4-3-5-7-15/h3-7,12-14,22H,8-11H2,1-2H3. The molecule has 24 heavy (non-hydrogen) atoms. The molecule has 1 N–H and O–H groups in total. The SMILES string of the molecule is CC(O)C(=O)N1CCN(C(C)c2ncc(-c3ccccc3)o2)CC1. The molecule has 1 saturated heterocycles. The van der Waals surface area contributed by atoms with Crippen LogP contribution in [0.2, 0.25) is 0 Å². The van der Waals surface area contributed by atoms with Crippen LogP contribution in [0.3, 0.4) is 0 Å². The van der Waals surface area contributed by atoms with E-state index in [1.165, 1.54) is 6.92 Å². The van der Waals surface area contributed by atoms with Gasteiger partial charge in [0.1, 0.15) is 6.10 Å². The Morgan fingerprint density at radius 3 is 2.46 bits per heavy atom. The van der Waals surface area contributed by atoms with E-state index in [4.69, 9.17) is 4.42 Å². The Morgan fingerprint density at radius 2 is 1.83 bits per heavy atom. The fraction of sp³-hybridized carbons (Fsp3) is 0.444. The Labute approximate surface area is 141 Å².